The summed E-state index contributed by atoms with van der Waals surface area (Å²) < 4.78 is 4.86. The molecule has 0 saturated carbocycles. The monoisotopic (exact) mass is 191 g/mol. The predicted molar refractivity (Wildman–Crippen MR) is 53.1 cm³/mol. The quantitative estimate of drug-likeness (QED) is 0.738. The number of nitrogens with one attached hydrogen (secondary N) is 1. The Morgan fingerprint density at radius 2 is 2.21 bits per heavy atom. The predicted octanol–water partition coefficient (Wildman–Crippen LogP) is 2.08. The van der Waals surface area contributed by atoms with Crippen molar-refractivity contribution in [3.8, 4) is 0 Å². The Morgan fingerprint density at radius 1 is 1.43 bits per heavy atom. The van der Waals surface area contributed by atoms with Gasteiger partial charge in [-0.2, -0.15) is 0 Å². The van der Waals surface area contributed by atoms with Crippen LogP contribution in [0.2, 0.25) is 0 Å². The van der Waals surface area contributed by atoms with Crippen LogP contribution in [-0.2, 0) is 4.74 Å². The molecule has 1 fully saturated rings. The van der Waals surface area contributed by atoms with E-state index in [1.165, 1.54) is 11.1 Å². The van der Waals surface area contributed by atoms with E-state index in [0.717, 1.165) is 5.56 Å². The second kappa shape index (κ2) is 3.33. The van der Waals surface area contributed by atoms with Crippen LogP contribution in [0.25, 0.3) is 0 Å². The molecule has 0 spiro atoms. The van der Waals surface area contributed by atoms with E-state index in [4.69, 9.17) is 4.74 Å². The van der Waals surface area contributed by atoms with Crippen LogP contribution in [0.1, 0.15) is 22.7 Å². The van der Waals surface area contributed by atoms with Crippen LogP contribution in [0.15, 0.2) is 18.2 Å². The average Bonchev–Trinajstić information content (AvgIpc) is 2.56. The lowest BCUT2D eigenvalue weighted by Gasteiger charge is -2.11. The largest absolute Gasteiger partial charge is 0.447 e. The molecule has 1 atom stereocenters. The number of amides is 1. The molecular formula is C11H13NO2. The SMILES string of the molecule is Cc1ccc(C)c(C2COC(=O)N2)c1. The first-order chi connectivity index (χ1) is 6.66. The van der Waals surface area contributed by atoms with Gasteiger partial charge in [-0.15, -0.1) is 0 Å². The van der Waals surface area contributed by atoms with Gasteiger partial charge in [0, 0.05) is 0 Å². The molecule has 1 N–H and O–H groups in total. The highest BCUT2D eigenvalue weighted by Gasteiger charge is 2.24. The molecular weight excluding hydrogens is 178 g/mol. The summed E-state index contributed by atoms with van der Waals surface area (Å²) >= 11 is 0. The van der Waals surface area contributed by atoms with E-state index in [1.807, 2.05) is 13.8 Å². The summed E-state index contributed by atoms with van der Waals surface area (Å²) in [5, 5.41) is 2.78. The van der Waals surface area contributed by atoms with Crippen molar-refractivity contribution < 1.29 is 9.53 Å². The van der Waals surface area contributed by atoms with Gasteiger partial charge in [-0.05, 0) is 25.0 Å². The fraction of sp³-hybridized carbons (Fsp3) is 0.364. The molecule has 1 aromatic carbocycles. The van der Waals surface area contributed by atoms with E-state index in [2.05, 4.69) is 23.5 Å². The summed E-state index contributed by atoms with van der Waals surface area (Å²) in [6, 6.07) is 6.24. The normalized spacial score (nSPS) is 20.4. The van der Waals surface area contributed by atoms with Crippen LogP contribution in [-0.4, -0.2) is 12.7 Å². The first kappa shape index (κ1) is 9.06. The topological polar surface area (TPSA) is 38.3 Å². The maximum absolute atomic E-state index is 10.9. The maximum Gasteiger partial charge on any atom is 0.407 e. The zero-order valence-corrected chi connectivity index (χ0v) is 8.33. The smallest absolute Gasteiger partial charge is 0.407 e. The molecule has 1 unspecified atom stereocenters. The van der Waals surface area contributed by atoms with E-state index >= 15 is 0 Å². The minimum Gasteiger partial charge on any atom is -0.447 e. The Balaban J connectivity index is 2.31. The van der Waals surface area contributed by atoms with Crippen molar-refractivity contribution in [2.24, 2.45) is 0 Å². The van der Waals surface area contributed by atoms with Crippen molar-refractivity contribution in [2.45, 2.75) is 19.9 Å². The van der Waals surface area contributed by atoms with Crippen LogP contribution in [0.3, 0.4) is 0 Å². The zero-order chi connectivity index (χ0) is 10.1. The fourth-order valence-electron chi connectivity index (χ4n) is 1.69. The van der Waals surface area contributed by atoms with Gasteiger partial charge in [-0.3, -0.25) is 0 Å². The summed E-state index contributed by atoms with van der Waals surface area (Å²) in [4.78, 5) is 10.9. The van der Waals surface area contributed by atoms with Crippen molar-refractivity contribution in [3.63, 3.8) is 0 Å². The summed E-state index contributed by atoms with van der Waals surface area (Å²) in [5.74, 6) is 0. The molecule has 1 aliphatic rings. The number of carbonyl (C=O) groups is 1. The van der Waals surface area contributed by atoms with Crippen molar-refractivity contribution in [1.82, 2.24) is 5.32 Å². The number of aryl methyl sites for hydroxylation is 2. The molecule has 3 heteroatoms. The molecule has 3 nitrogen and oxygen atoms in total. The molecule has 1 amide bonds. The lowest BCUT2D eigenvalue weighted by atomic mass is 10.00. The molecule has 0 aromatic heterocycles. The molecule has 1 aliphatic heterocycles. The van der Waals surface area contributed by atoms with Crippen LogP contribution in [0.4, 0.5) is 4.79 Å². The second-order valence-corrected chi connectivity index (χ2v) is 3.66. The molecule has 14 heavy (non-hydrogen) atoms. The highest BCUT2D eigenvalue weighted by molar-refractivity contribution is 5.70. The number of alkyl carbamates (subject to hydrolysis) is 1. The second-order valence-electron chi connectivity index (χ2n) is 3.66. The van der Waals surface area contributed by atoms with Gasteiger partial charge in [0.1, 0.15) is 6.61 Å². The highest BCUT2D eigenvalue weighted by Crippen LogP contribution is 2.22. The lowest BCUT2D eigenvalue weighted by molar-refractivity contribution is 0.177. The van der Waals surface area contributed by atoms with Gasteiger partial charge in [0.2, 0.25) is 0 Å². The van der Waals surface area contributed by atoms with Crippen molar-refractivity contribution >= 4 is 6.09 Å². The molecule has 74 valence electrons. The van der Waals surface area contributed by atoms with Crippen LogP contribution in [0, 0.1) is 13.8 Å². The van der Waals surface area contributed by atoms with E-state index in [1.54, 1.807) is 0 Å². The molecule has 1 heterocycles. The summed E-state index contributed by atoms with van der Waals surface area (Å²) in [7, 11) is 0. The fourth-order valence-corrected chi connectivity index (χ4v) is 1.69. The van der Waals surface area contributed by atoms with Crippen LogP contribution in [0.5, 0.6) is 0 Å². The van der Waals surface area contributed by atoms with Crippen molar-refractivity contribution in [3.05, 3.63) is 34.9 Å². The number of carbonyl (C=O) groups excluding carboxylic acids is 1. The first-order valence-corrected chi connectivity index (χ1v) is 4.67. The minimum atomic E-state index is -0.323. The Bertz CT molecular complexity index is 374. The zero-order valence-electron chi connectivity index (χ0n) is 8.33. The number of benzene rings is 1. The van der Waals surface area contributed by atoms with E-state index < -0.39 is 0 Å². The third-order valence-electron chi connectivity index (χ3n) is 2.48. The standard InChI is InChI=1S/C11H13NO2/c1-7-3-4-8(2)9(5-7)10-6-14-11(13)12-10/h3-5,10H,6H2,1-2H3,(H,12,13). The van der Waals surface area contributed by atoms with Gasteiger partial charge in [-0.1, -0.05) is 23.8 Å². The molecule has 0 aliphatic carbocycles. The molecule has 1 aromatic rings. The number of hydrogen-bond donors (Lipinski definition) is 1. The number of hydrogen-bond acceptors (Lipinski definition) is 2. The van der Waals surface area contributed by atoms with E-state index in [9.17, 15) is 4.79 Å². The van der Waals surface area contributed by atoms with Crippen LogP contribution < -0.4 is 5.32 Å². The van der Waals surface area contributed by atoms with Crippen molar-refractivity contribution in [2.75, 3.05) is 6.61 Å². The van der Waals surface area contributed by atoms with Gasteiger partial charge in [0.05, 0.1) is 6.04 Å². The lowest BCUT2D eigenvalue weighted by Crippen LogP contribution is -2.19. The number of cyclic esters (lactones) is 1. The van der Waals surface area contributed by atoms with Gasteiger partial charge in [0.25, 0.3) is 0 Å². The Kier molecular flexibility index (Phi) is 2.15. The van der Waals surface area contributed by atoms with E-state index in [0.29, 0.717) is 6.61 Å². The third-order valence-corrected chi connectivity index (χ3v) is 2.48. The Labute approximate surface area is 83.1 Å². The first-order valence-electron chi connectivity index (χ1n) is 4.67. The van der Waals surface area contributed by atoms with Gasteiger partial charge >= 0.3 is 6.09 Å². The summed E-state index contributed by atoms with van der Waals surface area (Å²) in [5.41, 5.74) is 3.54. The summed E-state index contributed by atoms with van der Waals surface area (Å²) in [6.45, 7) is 4.52. The minimum absolute atomic E-state index is 0.0161. The molecule has 2 rings (SSSR count). The van der Waals surface area contributed by atoms with Gasteiger partial charge in [0.15, 0.2) is 0 Å². The number of ether oxygens (including phenoxy) is 1. The van der Waals surface area contributed by atoms with Gasteiger partial charge < -0.3 is 10.1 Å². The van der Waals surface area contributed by atoms with Gasteiger partial charge in [-0.25, -0.2) is 4.79 Å². The number of rotatable bonds is 1. The van der Waals surface area contributed by atoms with Crippen LogP contribution >= 0.6 is 0 Å². The maximum atomic E-state index is 10.9. The molecule has 0 radical (unpaired) electrons. The van der Waals surface area contributed by atoms with E-state index in [-0.39, 0.29) is 12.1 Å². The molecule has 1 saturated heterocycles. The average molecular weight is 191 g/mol. The Morgan fingerprint density at radius 3 is 2.86 bits per heavy atom. The highest BCUT2D eigenvalue weighted by atomic mass is 16.6. The molecule has 0 bridgehead atoms. The van der Waals surface area contributed by atoms with Crippen molar-refractivity contribution in [1.29, 1.82) is 0 Å². The Hall–Kier alpha value is -1.51. The third kappa shape index (κ3) is 1.58. The summed E-state index contributed by atoms with van der Waals surface area (Å²) in [6.07, 6.45) is -0.323.